The summed E-state index contributed by atoms with van der Waals surface area (Å²) in [5.41, 5.74) is 1.72. The van der Waals surface area contributed by atoms with Gasteiger partial charge < -0.3 is 9.64 Å². The maximum Gasteiger partial charge on any atom is 0.252 e. The molecule has 2 atom stereocenters. The van der Waals surface area contributed by atoms with Gasteiger partial charge in [-0.05, 0) is 29.3 Å². The highest BCUT2D eigenvalue weighted by Gasteiger charge is 2.48. The average Bonchev–Trinajstić information content (AvgIpc) is 3.16. The highest BCUT2D eigenvalue weighted by Crippen LogP contribution is 2.39. The van der Waals surface area contributed by atoms with E-state index >= 15 is 0 Å². The molecule has 0 N–H and O–H groups in total. The molecule has 2 aliphatic heterocycles. The molecule has 2 aromatic carbocycles. The van der Waals surface area contributed by atoms with Gasteiger partial charge in [0.1, 0.15) is 5.75 Å². The first-order valence-electron chi connectivity index (χ1n) is 9.46. The number of hydrogen-bond donors (Lipinski definition) is 0. The lowest BCUT2D eigenvalue weighted by Crippen LogP contribution is -2.37. The fraction of sp³-hybridized carbons (Fsp3) is 0.333. The predicted molar refractivity (Wildman–Crippen MR) is 120 cm³/mol. The smallest absolute Gasteiger partial charge is 0.252 e. The van der Waals surface area contributed by atoms with Crippen LogP contribution in [0, 0.1) is 0 Å². The van der Waals surface area contributed by atoms with Crippen LogP contribution in [-0.2, 0) is 27.6 Å². The summed E-state index contributed by atoms with van der Waals surface area (Å²) in [6, 6.07) is 14.6. The third kappa shape index (κ3) is 4.66. The summed E-state index contributed by atoms with van der Waals surface area (Å²) in [4.78, 5) is 18.9. The van der Waals surface area contributed by atoms with Crippen LogP contribution >= 0.6 is 23.4 Å². The third-order valence-electron chi connectivity index (χ3n) is 5.21. The van der Waals surface area contributed by atoms with Crippen LogP contribution in [0.1, 0.15) is 11.1 Å². The van der Waals surface area contributed by atoms with E-state index in [-0.39, 0.29) is 35.1 Å². The van der Waals surface area contributed by atoms with Crippen molar-refractivity contribution in [2.75, 3.05) is 18.6 Å². The van der Waals surface area contributed by atoms with Crippen molar-refractivity contribution in [3.05, 3.63) is 64.7 Å². The van der Waals surface area contributed by atoms with Crippen LogP contribution in [0.4, 0.5) is 0 Å². The summed E-state index contributed by atoms with van der Waals surface area (Å²) in [5.74, 6) is 0.644. The first kappa shape index (κ1) is 21.2. The molecule has 0 unspecified atom stereocenters. The minimum atomic E-state index is -3.09. The number of nitrogens with zero attached hydrogens (tertiary/aromatic N) is 2. The number of fused-ring (bicyclic) bond motifs is 1. The summed E-state index contributed by atoms with van der Waals surface area (Å²) in [5, 5.41) is 0.996. The number of aliphatic imine (C=N–C) groups is 1. The second kappa shape index (κ2) is 8.61. The van der Waals surface area contributed by atoms with Gasteiger partial charge in [0, 0.05) is 16.8 Å². The molecule has 0 radical (unpaired) electrons. The van der Waals surface area contributed by atoms with Crippen LogP contribution in [0.3, 0.4) is 0 Å². The molecule has 6 nitrogen and oxygen atoms in total. The zero-order valence-electron chi connectivity index (χ0n) is 16.3. The molecule has 2 aliphatic rings. The number of hydrogen-bond acceptors (Lipinski definition) is 5. The number of amides is 1. The maximum absolute atomic E-state index is 12.6. The Balaban J connectivity index is 1.57. The highest BCUT2D eigenvalue weighted by atomic mass is 35.5. The van der Waals surface area contributed by atoms with E-state index in [0.717, 1.165) is 16.9 Å². The van der Waals surface area contributed by atoms with Gasteiger partial charge in [0.15, 0.2) is 15.0 Å². The number of carbonyl (C=O) groups is 1. The topological polar surface area (TPSA) is 76.0 Å². The van der Waals surface area contributed by atoms with Gasteiger partial charge in [-0.2, -0.15) is 4.99 Å². The van der Waals surface area contributed by atoms with Gasteiger partial charge in [-0.25, -0.2) is 8.42 Å². The quantitative estimate of drug-likeness (QED) is 0.676. The van der Waals surface area contributed by atoms with Gasteiger partial charge in [0.25, 0.3) is 5.91 Å². The molecule has 2 fully saturated rings. The fourth-order valence-corrected chi connectivity index (χ4v) is 7.87. The standard InChI is InChI=1S/C21H21ClN2O4S2/c1-28-16-8-6-14(7-9-16)11-24-18-12-30(26,27)13-19(18)29-21(24)23-20(25)10-15-4-2-3-5-17(15)22/h2-9,18-19H,10-13H2,1H3/t18-,19-/m0/s1. The van der Waals surface area contributed by atoms with Gasteiger partial charge in [0.05, 0.1) is 31.1 Å². The number of thioether (sulfide) groups is 1. The van der Waals surface area contributed by atoms with Crippen LogP contribution in [0.25, 0.3) is 0 Å². The van der Waals surface area contributed by atoms with Crippen LogP contribution in [0.5, 0.6) is 5.75 Å². The lowest BCUT2D eigenvalue weighted by Gasteiger charge is -2.24. The van der Waals surface area contributed by atoms with E-state index in [1.807, 2.05) is 41.3 Å². The van der Waals surface area contributed by atoms with E-state index in [1.54, 1.807) is 19.2 Å². The summed E-state index contributed by atoms with van der Waals surface area (Å²) in [6.07, 6.45) is 0.105. The van der Waals surface area contributed by atoms with E-state index in [4.69, 9.17) is 16.3 Å². The van der Waals surface area contributed by atoms with Gasteiger partial charge >= 0.3 is 0 Å². The van der Waals surface area contributed by atoms with Crippen LogP contribution in [-0.4, -0.2) is 54.3 Å². The molecule has 158 valence electrons. The number of amidine groups is 1. The number of methoxy groups -OCH3 is 1. The Morgan fingerprint density at radius 1 is 1.20 bits per heavy atom. The van der Waals surface area contributed by atoms with Crippen LogP contribution in [0.2, 0.25) is 5.02 Å². The summed E-state index contributed by atoms with van der Waals surface area (Å²) in [6.45, 7) is 0.478. The van der Waals surface area contributed by atoms with Crippen molar-refractivity contribution >= 4 is 44.3 Å². The molecule has 4 rings (SSSR count). The molecule has 9 heteroatoms. The molecular formula is C21H21ClN2O4S2. The minimum absolute atomic E-state index is 0.0819. The van der Waals surface area contributed by atoms with Crippen molar-refractivity contribution in [2.45, 2.75) is 24.3 Å². The molecule has 1 amide bonds. The molecule has 0 spiro atoms. The molecule has 2 heterocycles. The molecule has 2 aromatic rings. The molecule has 0 aliphatic carbocycles. The SMILES string of the molecule is COc1ccc(CN2C(=NC(=O)Cc3ccccc3Cl)S[C@H]3CS(=O)(=O)C[C@@H]32)cc1. The largest absolute Gasteiger partial charge is 0.497 e. The zero-order valence-corrected chi connectivity index (χ0v) is 18.7. The minimum Gasteiger partial charge on any atom is -0.497 e. The normalized spacial score (nSPS) is 23.5. The van der Waals surface area contributed by atoms with E-state index in [9.17, 15) is 13.2 Å². The van der Waals surface area contributed by atoms with E-state index in [1.165, 1.54) is 11.8 Å². The fourth-order valence-electron chi connectivity index (χ4n) is 3.70. The van der Waals surface area contributed by atoms with Crippen molar-refractivity contribution in [3.63, 3.8) is 0 Å². The zero-order chi connectivity index (χ0) is 21.3. The Labute approximate surface area is 185 Å². The second-order valence-electron chi connectivity index (χ2n) is 7.33. The Hall–Kier alpha value is -2.03. The third-order valence-corrected chi connectivity index (χ3v) is 8.82. The molecule has 2 saturated heterocycles. The van der Waals surface area contributed by atoms with Crippen LogP contribution < -0.4 is 4.74 Å². The summed E-state index contributed by atoms with van der Waals surface area (Å²) in [7, 11) is -1.48. The number of halogens is 1. The van der Waals surface area contributed by atoms with Gasteiger partial charge in [0.2, 0.25) is 0 Å². The van der Waals surface area contributed by atoms with Gasteiger partial charge in [-0.1, -0.05) is 53.7 Å². The van der Waals surface area contributed by atoms with E-state index < -0.39 is 9.84 Å². The Bertz CT molecular complexity index is 1090. The number of benzene rings is 2. The monoisotopic (exact) mass is 464 g/mol. The number of carbonyl (C=O) groups excluding carboxylic acids is 1. The van der Waals surface area contributed by atoms with Crippen molar-refractivity contribution < 1.29 is 17.9 Å². The van der Waals surface area contributed by atoms with Crippen molar-refractivity contribution in [1.82, 2.24) is 4.90 Å². The lowest BCUT2D eigenvalue weighted by atomic mass is 10.1. The molecular weight excluding hydrogens is 444 g/mol. The first-order chi connectivity index (χ1) is 14.3. The maximum atomic E-state index is 12.6. The number of ether oxygens (including phenoxy) is 1. The number of rotatable bonds is 5. The van der Waals surface area contributed by atoms with Crippen molar-refractivity contribution in [3.8, 4) is 5.75 Å². The Morgan fingerprint density at radius 2 is 1.93 bits per heavy atom. The number of sulfone groups is 1. The lowest BCUT2D eigenvalue weighted by molar-refractivity contribution is -0.117. The predicted octanol–water partition coefficient (Wildman–Crippen LogP) is 3.19. The molecule has 30 heavy (non-hydrogen) atoms. The Kier molecular flexibility index (Phi) is 6.09. The average molecular weight is 465 g/mol. The van der Waals surface area contributed by atoms with E-state index in [2.05, 4.69) is 4.99 Å². The molecule has 0 bridgehead atoms. The van der Waals surface area contributed by atoms with Gasteiger partial charge in [-0.3, -0.25) is 4.79 Å². The first-order valence-corrected chi connectivity index (χ1v) is 12.5. The summed E-state index contributed by atoms with van der Waals surface area (Å²) < 4.78 is 29.5. The van der Waals surface area contributed by atoms with E-state index in [0.29, 0.717) is 16.7 Å². The molecule has 0 aromatic heterocycles. The van der Waals surface area contributed by atoms with Crippen molar-refractivity contribution in [2.24, 2.45) is 4.99 Å². The summed E-state index contributed by atoms with van der Waals surface area (Å²) >= 11 is 7.54. The molecule has 0 saturated carbocycles. The van der Waals surface area contributed by atoms with Crippen LogP contribution in [0.15, 0.2) is 53.5 Å². The van der Waals surface area contributed by atoms with Gasteiger partial charge in [-0.15, -0.1) is 0 Å². The Morgan fingerprint density at radius 3 is 2.63 bits per heavy atom. The second-order valence-corrected chi connectivity index (χ2v) is 11.1. The highest BCUT2D eigenvalue weighted by molar-refractivity contribution is 8.15. The van der Waals surface area contributed by atoms with Crippen molar-refractivity contribution in [1.29, 1.82) is 0 Å².